The Balaban J connectivity index is 1.56. The molecule has 224 valence electrons. The van der Waals surface area contributed by atoms with Crippen LogP contribution in [0.1, 0.15) is 40.8 Å². The number of aliphatic hydroxyl groups excluding tert-OH is 1. The van der Waals surface area contributed by atoms with Crippen LogP contribution in [0, 0.1) is 0 Å². The Morgan fingerprint density at radius 1 is 1.29 bits per heavy atom. The molecule has 0 bridgehead atoms. The molecule has 1 saturated heterocycles. The van der Waals surface area contributed by atoms with E-state index in [4.69, 9.17) is 24.3 Å². The number of alkyl halides is 1. The Kier molecular flexibility index (Phi) is 9.14. The summed E-state index contributed by atoms with van der Waals surface area (Å²) in [6, 6.07) is 7.06. The first kappa shape index (κ1) is 30.6. The molecule has 3 heterocycles. The first-order valence-corrected chi connectivity index (χ1v) is 14.6. The molecular formula is C25H35FN7O7P. The average molecular weight is 596 g/mol. The fraction of sp³-hybridized carbons (Fsp3) is 0.520. The normalized spacial score (nSPS) is 24.7. The number of esters is 1. The fourth-order valence-corrected chi connectivity index (χ4v) is 5.75. The number of halogens is 1. The van der Waals surface area contributed by atoms with Gasteiger partial charge in [-0.3, -0.25) is 13.9 Å². The standard InChI is InChI=1S/C25H35FN7O7P/c1-6-28-20-18-21(31-24(27)30-20)33(13-29-18)23-25(5,26)19(34)17(39-23)12-37-41(36,40-16-10-8-7-9-11-16)32-15(4)22(35)38-14(2)3/h7-11,13-15,17,19,23,34H,6,12H2,1-5H3,(H,32,36)(H3,27,28,30,31)/t15-,17+,19+,23+,25+,41-/m0/s1. The van der Waals surface area contributed by atoms with Crippen molar-refractivity contribution >= 4 is 36.6 Å². The number of fused-ring (bicyclic) bond motifs is 1. The van der Waals surface area contributed by atoms with Gasteiger partial charge in [0.25, 0.3) is 0 Å². The van der Waals surface area contributed by atoms with Gasteiger partial charge in [0.05, 0.1) is 19.0 Å². The van der Waals surface area contributed by atoms with E-state index in [2.05, 4.69) is 25.4 Å². The molecule has 1 fully saturated rings. The lowest BCUT2D eigenvalue weighted by Crippen LogP contribution is -2.41. The number of nitrogens with two attached hydrogens (primary N) is 1. The zero-order chi connectivity index (χ0) is 29.9. The van der Waals surface area contributed by atoms with Crippen LogP contribution in [0.5, 0.6) is 5.75 Å². The molecule has 1 aromatic carbocycles. The molecule has 41 heavy (non-hydrogen) atoms. The topological polar surface area (TPSA) is 185 Å². The van der Waals surface area contributed by atoms with Crippen molar-refractivity contribution in [3.8, 4) is 5.75 Å². The summed E-state index contributed by atoms with van der Waals surface area (Å²) < 4.78 is 53.4. The average Bonchev–Trinajstić information content (AvgIpc) is 3.41. The zero-order valence-electron chi connectivity index (χ0n) is 23.4. The van der Waals surface area contributed by atoms with Crippen LogP contribution < -0.4 is 20.7 Å². The van der Waals surface area contributed by atoms with Crippen molar-refractivity contribution in [2.24, 2.45) is 0 Å². The third-order valence-electron chi connectivity index (χ3n) is 6.19. The number of aliphatic hydroxyl groups is 1. The van der Waals surface area contributed by atoms with E-state index in [9.17, 15) is 14.5 Å². The monoisotopic (exact) mass is 595 g/mol. The lowest BCUT2D eigenvalue weighted by atomic mass is 9.98. The number of aromatic nitrogens is 4. The van der Waals surface area contributed by atoms with Gasteiger partial charge in [0.2, 0.25) is 5.95 Å². The summed E-state index contributed by atoms with van der Waals surface area (Å²) in [5.41, 5.74) is 4.03. The number of nitrogens with one attached hydrogen (secondary N) is 2. The second kappa shape index (κ2) is 12.2. The Morgan fingerprint density at radius 2 is 2.00 bits per heavy atom. The van der Waals surface area contributed by atoms with Gasteiger partial charge in [0.15, 0.2) is 28.9 Å². The van der Waals surface area contributed by atoms with Crippen molar-refractivity contribution < 1.29 is 37.4 Å². The van der Waals surface area contributed by atoms with Crippen molar-refractivity contribution in [2.75, 3.05) is 24.2 Å². The minimum Gasteiger partial charge on any atom is -0.462 e. The molecule has 2 aromatic heterocycles. The number of imidazole rings is 1. The molecule has 5 N–H and O–H groups in total. The molecule has 0 aliphatic carbocycles. The first-order chi connectivity index (χ1) is 19.3. The van der Waals surface area contributed by atoms with Crippen LogP contribution in [0.25, 0.3) is 11.2 Å². The Labute approximate surface area is 236 Å². The number of nitrogens with zero attached hydrogens (tertiary/aromatic N) is 4. The van der Waals surface area contributed by atoms with Crippen LogP contribution in [0.15, 0.2) is 36.7 Å². The maximum Gasteiger partial charge on any atom is 0.459 e. The van der Waals surface area contributed by atoms with Gasteiger partial charge in [-0.1, -0.05) is 18.2 Å². The summed E-state index contributed by atoms with van der Waals surface area (Å²) in [5, 5.41) is 16.5. The van der Waals surface area contributed by atoms with Crippen molar-refractivity contribution in [2.45, 2.75) is 70.9 Å². The van der Waals surface area contributed by atoms with E-state index in [1.165, 1.54) is 17.8 Å². The molecule has 0 unspecified atom stereocenters. The second-order valence-corrected chi connectivity index (χ2v) is 11.6. The van der Waals surface area contributed by atoms with Gasteiger partial charge >= 0.3 is 13.7 Å². The number of anilines is 2. The number of carbonyl (C=O) groups is 1. The summed E-state index contributed by atoms with van der Waals surface area (Å²) in [4.78, 5) is 25.0. The molecule has 3 aromatic rings. The number of benzene rings is 1. The molecule has 0 saturated carbocycles. The minimum absolute atomic E-state index is 0.0654. The van der Waals surface area contributed by atoms with Crippen LogP contribution in [-0.2, 0) is 23.4 Å². The van der Waals surface area contributed by atoms with Crippen molar-refractivity contribution in [1.82, 2.24) is 24.6 Å². The number of para-hydroxylation sites is 1. The predicted molar refractivity (Wildman–Crippen MR) is 148 cm³/mol. The summed E-state index contributed by atoms with van der Waals surface area (Å²) in [6.45, 7) is 7.78. The van der Waals surface area contributed by atoms with Gasteiger partial charge in [-0.05, 0) is 46.8 Å². The smallest absolute Gasteiger partial charge is 0.459 e. The number of ether oxygens (including phenoxy) is 2. The Morgan fingerprint density at radius 3 is 2.66 bits per heavy atom. The number of rotatable bonds is 12. The van der Waals surface area contributed by atoms with E-state index in [1.807, 2.05) is 6.92 Å². The third kappa shape index (κ3) is 6.76. The highest BCUT2D eigenvalue weighted by atomic mass is 31.2. The van der Waals surface area contributed by atoms with Gasteiger partial charge < -0.3 is 30.2 Å². The number of nitrogen functional groups attached to an aromatic ring is 1. The zero-order valence-corrected chi connectivity index (χ0v) is 24.2. The van der Waals surface area contributed by atoms with Crippen molar-refractivity contribution in [3.05, 3.63) is 36.7 Å². The van der Waals surface area contributed by atoms with E-state index in [0.717, 1.165) is 6.92 Å². The highest BCUT2D eigenvalue weighted by Crippen LogP contribution is 2.48. The molecule has 4 rings (SSSR count). The third-order valence-corrected chi connectivity index (χ3v) is 7.83. The lowest BCUT2D eigenvalue weighted by molar-refractivity contribution is -0.149. The van der Waals surface area contributed by atoms with E-state index in [0.29, 0.717) is 17.9 Å². The maximum atomic E-state index is 16.0. The summed E-state index contributed by atoms with van der Waals surface area (Å²) in [5.74, 6) is -0.195. The predicted octanol–water partition coefficient (Wildman–Crippen LogP) is 2.96. The van der Waals surface area contributed by atoms with Crippen molar-refractivity contribution in [3.63, 3.8) is 0 Å². The maximum absolute atomic E-state index is 16.0. The van der Waals surface area contributed by atoms with Crippen LogP contribution in [0.3, 0.4) is 0 Å². The molecule has 6 atom stereocenters. The van der Waals surface area contributed by atoms with E-state index >= 15 is 4.39 Å². The minimum atomic E-state index is -4.28. The molecule has 0 spiro atoms. The number of hydrogen-bond donors (Lipinski definition) is 4. The molecular weight excluding hydrogens is 560 g/mol. The second-order valence-electron chi connectivity index (χ2n) is 9.94. The molecule has 14 nitrogen and oxygen atoms in total. The van der Waals surface area contributed by atoms with E-state index < -0.39 is 56.6 Å². The summed E-state index contributed by atoms with van der Waals surface area (Å²) in [6.07, 6.45) is -3.51. The largest absolute Gasteiger partial charge is 0.462 e. The first-order valence-electron chi connectivity index (χ1n) is 13.1. The van der Waals surface area contributed by atoms with Crippen LogP contribution in [-0.4, -0.2) is 73.8 Å². The summed E-state index contributed by atoms with van der Waals surface area (Å²) >= 11 is 0. The quantitative estimate of drug-likeness (QED) is 0.177. The number of carbonyl (C=O) groups excluding carboxylic acids is 1. The Hall–Kier alpha value is -3.36. The van der Waals surface area contributed by atoms with Gasteiger partial charge in [-0.25, -0.2) is 13.9 Å². The molecule has 0 radical (unpaired) electrons. The highest BCUT2D eigenvalue weighted by molar-refractivity contribution is 7.52. The molecule has 16 heteroatoms. The van der Waals surface area contributed by atoms with E-state index in [-0.39, 0.29) is 17.3 Å². The molecule has 1 aliphatic heterocycles. The number of hydrogen-bond acceptors (Lipinski definition) is 12. The van der Waals surface area contributed by atoms with Crippen LogP contribution >= 0.6 is 7.75 Å². The summed E-state index contributed by atoms with van der Waals surface area (Å²) in [7, 11) is -4.28. The van der Waals surface area contributed by atoms with Crippen LogP contribution in [0.4, 0.5) is 16.2 Å². The van der Waals surface area contributed by atoms with Gasteiger partial charge in [0, 0.05) is 6.54 Å². The molecule has 1 aliphatic rings. The van der Waals surface area contributed by atoms with Crippen LogP contribution in [0.2, 0.25) is 0 Å². The van der Waals surface area contributed by atoms with E-state index in [1.54, 1.807) is 44.2 Å². The molecule has 0 amide bonds. The van der Waals surface area contributed by atoms with Gasteiger partial charge in [-0.2, -0.15) is 15.1 Å². The SMILES string of the molecule is CCNc1nc(N)nc2c1ncn2[C@@H]1O[C@H](CO[P@@](=O)(N[C@@H](C)C(=O)OC(C)C)Oc2ccccc2)[C@@H](O)[C@@]1(C)F. The fourth-order valence-electron chi connectivity index (χ4n) is 4.25. The highest BCUT2D eigenvalue weighted by Gasteiger charge is 2.56. The Bertz CT molecular complexity index is 1410. The van der Waals surface area contributed by atoms with Crippen molar-refractivity contribution in [1.29, 1.82) is 0 Å². The van der Waals surface area contributed by atoms with Gasteiger partial charge in [0.1, 0.15) is 24.0 Å². The van der Waals surface area contributed by atoms with Gasteiger partial charge in [-0.15, -0.1) is 0 Å². The lowest BCUT2D eigenvalue weighted by Gasteiger charge is -2.25.